The standard InChI is InChI=1S/C14H22ClN3O2.C14H14O3.ClH.Na/c1-4-18(5-2)7-6-17-14(19)10-8-11(15)12(16)9-13(10)20-3;1-9(14(15)16)10-3-4-12-8-13(17-2)6-5-11(12)7-10;;/h8-9H,4-7,16H2,1-3H3,(H,17,19);3-9H,1-2H3,(H,15,16);1H;/q;;;+1/p-1/t;9-;;/m.0../s1. The summed E-state index contributed by atoms with van der Waals surface area (Å²) >= 11 is 5.95. The number of halogens is 2. The third-order valence-corrected chi connectivity index (χ3v) is 6.42. The second-order valence-electron chi connectivity index (χ2n) is 8.37. The first kappa shape index (κ1) is 36.8. The van der Waals surface area contributed by atoms with Crippen LogP contribution in [0.3, 0.4) is 0 Å². The molecule has 0 aliphatic carbocycles. The smallest absolute Gasteiger partial charge is 0.550 e. The van der Waals surface area contributed by atoms with Crippen molar-refractivity contribution < 1.29 is 53.7 Å². The van der Waals surface area contributed by atoms with E-state index in [1.54, 1.807) is 20.1 Å². The number of nitrogens with zero attached hydrogens (tertiary/aromatic N) is 1. The van der Waals surface area contributed by atoms with Gasteiger partial charge in [0.05, 0.1) is 30.5 Å². The van der Waals surface area contributed by atoms with Gasteiger partial charge in [0.15, 0.2) is 0 Å². The van der Waals surface area contributed by atoms with Gasteiger partial charge in [-0.25, -0.2) is 0 Å². The molecule has 0 spiro atoms. The fourth-order valence-electron chi connectivity index (χ4n) is 3.65. The summed E-state index contributed by atoms with van der Waals surface area (Å²) in [4.78, 5) is 25.2. The number of amides is 1. The molecule has 3 N–H and O–H groups in total. The monoisotopic (exact) mass is 587 g/mol. The van der Waals surface area contributed by atoms with E-state index >= 15 is 0 Å². The minimum absolute atomic E-state index is 0. The first-order valence-electron chi connectivity index (χ1n) is 12.1. The van der Waals surface area contributed by atoms with Crippen molar-refractivity contribution in [3.8, 4) is 11.5 Å². The molecule has 0 aliphatic rings. The SMILES string of the molecule is CCN(CC)CCNC(=O)c1cc(Cl)c(N)cc1OC.COc1ccc2cc([C@H](C)C(=O)[O-])ccc2c1.Cl.[Na+]. The van der Waals surface area contributed by atoms with Gasteiger partial charge in [-0.15, -0.1) is 12.4 Å². The number of hydrogen-bond donors (Lipinski definition) is 2. The Morgan fingerprint density at radius 2 is 1.64 bits per heavy atom. The number of benzene rings is 3. The molecule has 0 aliphatic heterocycles. The average Bonchev–Trinajstić information content (AvgIpc) is 2.91. The van der Waals surface area contributed by atoms with Crippen LogP contribution in [0.2, 0.25) is 5.02 Å². The number of hydrogen-bond acceptors (Lipinski definition) is 7. The molecule has 8 nitrogen and oxygen atoms in total. The molecule has 0 unspecified atom stereocenters. The van der Waals surface area contributed by atoms with E-state index in [-0.39, 0.29) is 47.9 Å². The summed E-state index contributed by atoms with van der Waals surface area (Å²) in [6, 6.07) is 14.4. The molecule has 0 aromatic heterocycles. The molecule has 0 saturated carbocycles. The van der Waals surface area contributed by atoms with Gasteiger partial charge in [0.1, 0.15) is 11.5 Å². The average molecular weight is 589 g/mol. The van der Waals surface area contributed by atoms with Crippen LogP contribution in [0.5, 0.6) is 11.5 Å². The second-order valence-corrected chi connectivity index (χ2v) is 8.78. The summed E-state index contributed by atoms with van der Waals surface area (Å²) in [5.74, 6) is -0.652. The zero-order valence-electron chi connectivity index (χ0n) is 23.4. The number of rotatable bonds is 10. The van der Waals surface area contributed by atoms with E-state index in [9.17, 15) is 14.7 Å². The molecule has 0 radical (unpaired) electrons. The van der Waals surface area contributed by atoms with Crippen LogP contribution in [-0.2, 0) is 4.79 Å². The number of aliphatic carboxylic acids is 1. The van der Waals surface area contributed by atoms with E-state index in [0.29, 0.717) is 28.6 Å². The summed E-state index contributed by atoms with van der Waals surface area (Å²) in [6.45, 7) is 9.12. The van der Waals surface area contributed by atoms with Crippen LogP contribution in [0.25, 0.3) is 10.8 Å². The van der Waals surface area contributed by atoms with Gasteiger partial charge in [-0.1, -0.05) is 56.6 Å². The molecule has 3 aromatic carbocycles. The third-order valence-electron chi connectivity index (χ3n) is 6.10. The quantitative estimate of drug-likeness (QED) is 0.270. The first-order valence-corrected chi connectivity index (χ1v) is 12.4. The predicted octanol–water partition coefficient (Wildman–Crippen LogP) is 1.13. The maximum absolute atomic E-state index is 12.1. The van der Waals surface area contributed by atoms with Crippen LogP contribution in [0.1, 0.15) is 42.6 Å². The minimum Gasteiger partial charge on any atom is -0.550 e. The largest absolute Gasteiger partial charge is 1.00 e. The number of nitrogen functional groups attached to an aromatic ring is 1. The zero-order valence-corrected chi connectivity index (χ0v) is 26.9. The van der Waals surface area contributed by atoms with Gasteiger partial charge in [-0.05, 0) is 47.6 Å². The van der Waals surface area contributed by atoms with Gasteiger partial charge in [0.2, 0.25) is 0 Å². The Morgan fingerprint density at radius 3 is 2.21 bits per heavy atom. The number of likely N-dealkylation sites (N-methyl/N-ethyl adjacent to an activating group) is 1. The van der Waals surface area contributed by atoms with E-state index in [1.807, 2.05) is 36.4 Å². The van der Waals surface area contributed by atoms with E-state index in [1.165, 1.54) is 13.2 Å². The molecular weight excluding hydrogens is 552 g/mol. The maximum Gasteiger partial charge on any atom is 1.00 e. The van der Waals surface area contributed by atoms with E-state index in [2.05, 4.69) is 24.1 Å². The van der Waals surface area contributed by atoms with Crippen molar-refractivity contribution in [2.45, 2.75) is 26.7 Å². The number of nitrogens with two attached hydrogens (primary N) is 1. The van der Waals surface area contributed by atoms with E-state index in [4.69, 9.17) is 26.8 Å². The van der Waals surface area contributed by atoms with Crippen molar-refractivity contribution in [1.82, 2.24) is 10.2 Å². The Kier molecular flexibility index (Phi) is 17.2. The molecule has 39 heavy (non-hydrogen) atoms. The summed E-state index contributed by atoms with van der Waals surface area (Å²) in [5.41, 5.74) is 7.23. The fraction of sp³-hybridized carbons (Fsp3) is 0.357. The Morgan fingerprint density at radius 1 is 1.03 bits per heavy atom. The van der Waals surface area contributed by atoms with Gasteiger partial charge >= 0.3 is 29.6 Å². The zero-order chi connectivity index (χ0) is 27.5. The van der Waals surface area contributed by atoms with Gasteiger partial charge in [-0.3, -0.25) is 4.79 Å². The molecular formula is C28H36Cl2N3NaO5. The molecule has 0 heterocycles. The topological polar surface area (TPSA) is 117 Å². The predicted molar refractivity (Wildman–Crippen MR) is 154 cm³/mol. The first-order chi connectivity index (χ1) is 17.6. The number of nitrogens with one attached hydrogen (secondary N) is 1. The summed E-state index contributed by atoms with van der Waals surface area (Å²) in [6.07, 6.45) is 0. The van der Waals surface area contributed by atoms with Crippen molar-refractivity contribution in [1.29, 1.82) is 0 Å². The van der Waals surface area contributed by atoms with Crippen molar-refractivity contribution in [3.63, 3.8) is 0 Å². The molecule has 0 bridgehead atoms. The van der Waals surface area contributed by atoms with Crippen LogP contribution < -0.4 is 55.2 Å². The number of fused-ring (bicyclic) bond motifs is 1. The van der Waals surface area contributed by atoms with Crippen LogP contribution in [0.15, 0.2) is 48.5 Å². The van der Waals surface area contributed by atoms with Gasteiger partial charge in [0, 0.05) is 31.0 Å². The van der Waals surface area contributed by atoms with Crippen LogP contribution in [0.4, 0.5) is 5.69 Å². The van der Waals surface area contributed by atoms with Gasteiger partial charge in [-0.2, -0.15) is 0 Å². The number of carboxylic acid groups (broad SMARTS) is 1. The van der Waals surface area contributed by atoms with Crippen LogP contribution in [-0.4, -0.2) is 57.2 Å². The van der Waals surface area contributed by atoms with E-state index < -0.39 is 11.9 Å². The molecule has 1 amide bonds. The summed E-state index contributed by atoms with van der Waals surface area (Å²) in [7, 11) is 3.11. The Labute approximate surface area is 263 Å². The van der Waals surface area contributed by atoms with Crippen molar-refractivity contribution >= 4 is 52.3 Å². The Balaban J connectivity index is 0.000000711. The number of ether oxygens (including phenoxy) is 2. The minimum atomic E-state index is -1.06. The fourth-order valence-corrected chi connectivity index (χ4v) is 3.82. The summed E-state index contributed by atoms with van der Waals surface area (Å²) in [5, 5.41) is 16.0. The van der Waals surface area contributed by atoms with Crippen molar-refractivity contribution in [3.05, 3.63) is 64.7 Å². The van der Waals surface area contributed by atoms with Crippen LogP contribution >= 0.6 is 24.0 Å². The van der Waals surface area contributed by atoms with Crippen LogP contribution in [0, 0.1) is 0 Å². The number of carboxylic acids is 1. The van der Waals surface area contributed by atoms with Crippen molar-refractivity contribution in [2.24, 2.45) is 0 Å². The molecule has 11 heteroatoms. The molecule has 3 aromatic rings. The molecule has 0 fully saturated rings. The van der Waals surface area contributed by atoms with E-state index in [0.717, 1.165) is 41.7 Å². The van der Waals surface area contributed by atoms with Crippen molar-refractivity contribution in [2.75, 3.05) is 46.1 Å². The summed E-state index contributed by atoms with van der Waals surface area (Å²) < 4.78 is 10.3. The van der Waals surface area contributed by atoms with Gasteiger partial charge in [0.25, 0.3) is 5.91 Å². The Bertz CT molecular complexity index is 1230. The second kappa shape index (κ2) is 18.2. The van der Waals surface area contributed by atoms with Gasteiger partial charge < -0.3 is 35.3 Å². The third kappa shape index (κ3) is 10.7. The number of carbonyl (C=O) groups is 2. The molecule has 0 saturated heterocycles. The molecule has 208 valence electrons. The Hall–Kier alpha value is -2.20. The molecule has 3 rings (SSSR count). The molecule has 1 atom stereocenters. The number of anilines is 1. The number of carbonyl (C=O) groups excluding carboxylic acids is 2. The number of methoxy groups -OCH3 is 2. The normalized spacial score (nSPS) is 10.8. The maximum atomic E-state index is 12.1.